The second-order valence-electron chi connectivity index (χ2n) is 1.76. The van der Waals surface area contributed by atoms with Crippen LogP contribution in [0.4, 0.5) is 0 Å². The molecule has 1 aromatic rings. The summed E-state index contributed by atoms with van der Waals surface area (Å²) in [6.07, 6.45) is 1.12. The molecule has 0 amide bonds. The van der Waals surface area contributed by atoms with Gasteiger partial charge in [0.1, 0.15) is 0 Å². The summed E-state index contributed by atoms with van der Waals surface area (Å²) in [6, 6.07) is 11.0. The van der Waals surface area contributed by atoms with E-state index in [4.69, 9.17) is 0 Å². The quantitative estimate of drug-likeness (QED) is 0.600. The van der Waals surface area contributed by atoms with Gasteiger partial charge in [-0.3, -0.25) is 0 Å². The molecule has 0 radical (unpaired) electrons. The van der Waals surface area contributed by atoms with Gasteiger partial charge in [-0.05, 0) is 0 Å². The minimum atomic E-state index is 0. The van der Waals surface area contributed by atoms with Gasteiger partial charge in [-0.15, -0.1) is 0 Å². The topological polar surface area (TPSA) is 0 Å². The van der Waals surface area contributed by atoms with Gasteiger partial charge in [0.25, 0.3) is 0 Å². The molecular weight excluding hydrogens is 185 g/mol. The summed E-state index contributed by atoms with van der Waals surface area (Å²) < 4.78 is 0. The van der Waals surface area contributed by atoms with E-state index in [0.717, 1.165) is 6.42 Å². The first-order chi connectivity index (χ1) is 3.93. The second kappa shape index (κ2) is 5.14. The first-order valence-corrected chi connectivity index (χ1v) is 2.88. The van der Waals surface area contributed by atoms with Crippen molar-refractivity contribution in [3.63, 3.8) is 0 Å². The minimum Gasteiger partial charge on any atom is -0.184 e. The molecule has 0 aliphatic rings. The Labute approximate surface area is 81.5 Å². The third-order valence-electron chi connectivity index (χ3n) is 1.20. The van der Waals surface area contributed by atoms with Crippen LogP contribution in [-0.2, 0) is 39.1 Å². The molecule has 0 aliphatic carbocycles. The van der Waals surface area contributed by atoms with Crippen LogP contribution in [0.5, 0.6) is 0 Å². The molecule has 0 atom stereocenters. The Hall–Kier alpha value is 0.324. The summed E-state index contributed by atoms with van der Waals surface area (Å²) in [4.78, 5) is 0. The van der Waals surface area contributed by atoms with Crippen molar-refractivity contribution in [3.05, 3.63) is 35.9 Å². The molecule has 1 heteroatoms. The molecule has 0 heterocycles. The fourth-order valence-electron chi connectivity index (χ4n) is 0.657. The molecule has 0 aromatic heterocycles. The number of hydrogen-bond acceptors (Lipinski definition) is 0. The third kappa shape index (κ3) is 3.12. The van der Waals surface area contributed by atoms with Gasteiger partial charge in [-0.1, -0.05) is 13.3 Å². The summed E-state index contributed by atoms with van der Waals surface area (Å²) in [5.41, 5.74) is 1.38. The number of hydrogen-bond donors (Lipinski definition) is 0. The average molecular weight is 194 g/mol. The van der Waals surface area contributed by atoms with E-state index in [1.54, 1.807) is 0 Å². The van der Waals surface area contributed by atoms with Gasteiger partial charge in [-0.25, -0.2) is 0 Å². The van der Waals surface area contributed by atoms with E-state index in [9.17, 15) is 0 Å². The monoisotopic (exact) mass is 194 g/mol. The molecule has 0 N–H and O–H groups in total. The van der Waals surface area contributed by atoms with Crippen LogP contribution in [0.25, 0.3) is 0 Å². The Kier molecular flexibility index (Phi) is 5.32. The van der Waals surface area contributed by atoms with Crippen LogP contribution in [0, 0.1) is 6.07 Å². The molecule has 0 saturated carbocycles. The van der Waals surface area contributed by atoms with E-state index in [0.29, 0.717) is 0 Å². The minimum absolute atomic E-state index is 0. The molecule has 0 bridgehead atoms. The van der Waals surface area contributed by atoms with Crippen molar-refractivity contribution in [1.29, 1.82) is 0 Å². The summed E-state index contributed by atoms with van der Waals surface area (Å²) in [6.45, 7) is 2.15. The molecule has 0 nitrogen and oxygen atoms in total. The molecule has 0 saturated heterocycles. The van der Waals surface area contributed by atoms with E-state index in [-0.39, 0.29) is 32.7 Å². The standard InChI is InChI=1S/C8H9.Y/c1-2-8-6-4-3-5-7-8;/h4-7H,2H2,1H3;/q-1;+3. The van der Waals surface area contributed by atoms with Crippen molar-refractivity contribution in [3.8, 4) is 0 Å². The fourth-order valence-corrected chi connectivity index (χ4v) is 0.657. The Morgan fingerprint density at radius 2 is 1.89 bits per heavy atom. The molecule has 0 unspecified atom stereocenters. The van der Waals surface area contributed by atoms with Crippen LogP contribution in [0.2, 0.25) is 0 Å². The smallest absolute Gasteiger partial charge is 0.184 e. The molecule has 9 heavy (non-hydrogen) atoms. The molecular formula is C8H9Y+2. The van der Waals surface area contributed by atoms with Crippen molar-refractivity contribution >= 4 is 0 Å². The fraction of sp³-hybridized carbons (Fsp3) is 0.250. The summed E-state index contributed by atoms with van der Waals surface area (Å²) in [5, 5.41) is 0. The molecule has 1 aromatic carbocycles. The second-order valence-corrected chi connectivity index (χ2v) is 1.76. The maximum absolute atomic E-state index is 2.97. The first kappa shape index (κ1) is 9.32. The van der Waals surface area contributed by atoms with Crippen LogP contribution in [0.1, 0.15) is 12.5 Å². The van der Waals surface area contributed by atoms with E-state index < -0.39 is 0 Å². The summed E-state index contributed by atoms with van der Waals surface area (Å²) in [5.74, 6) is 0. The SMILES string of the molecule is CCc1cc[c-]cc1.[Y+3]. The van der Waals surface area contributed by atoms with Crippen molar-refractivity contribution in [2.75, 3.05) is 0 Å². The zero-order valence-electron chi connectivity index (χ0n) is 5.59. The van der Waals surface area contributed by atoms with Gasteiger partial charge < -0.3 is 0 Å². The van der Waals surface area contributed by atoms with Crippen LogP contribution in [-0.4, -0.2) is 0 Å². The average Bonchev–Trinajstić information content (AvgIpc) is 1.90. The van der Waals surface area contributed by atoms with Crippen LogP contribution >= 0.6 is 0 Å². The van der Waals surface area contributed by atoms with Crippen LogP contribution < -0.4 is 0 Å². The van der Waals surface area contributed by atoms with Crippen molar-refractivity contribution in [2.45, 2.75) is 13.3 Å². The summed E-state index contributed by atoms with van der Waals surface area (Å²) in [7, 11) is 0. The zero-order chi connectivity index (χ0) is 5.82. The van der Waals surface area contributed by atoms with Gasteiger partial charge >= 0.3 is 32.7 Å². The number of benzene rings is 1. The Bertz CT molecular complexity index is 146. The van der Waals surface area contributed by atoms with Gasteiger partial charge in [0.05, 0.1) is 0 Å². The third-order valence-corrected chi connectivity index (χ3v) is 1.20. The van der Waals surface area contributed by atoms with Crippen LogP contribution in [0.3, 0.4) is 0 Å². The van der Waals surface area contributed by atoms with Gasteiger partial charge in [0, 0.05) is 0 Å². The maximum atomic E-state index is 2.97. The number of rotatable bonds is 1. The molecule has 0 aliphatic heterocycles. The van der Waals surface area contributed by atoms with Crippen molar-refractivity contribution in [2.24, 2.45) is 0 Å². The first-order valence-electron chi connectivity index (χ1n) is 2.88. The van der Waals surface area contributed by atoms with Crippen molar-refractivity contribution in [1.82, 2.24) is 0 Å². The van der Waals surface area contributed by atoms with E-state index in [1.165, 1.54) is 5.56 Å². The predicted octanol–water partition coefficient (Wildman–Crippen LogP) is 2.05. The normalized spacial score (nSPS) is 8.11. The molecule has 0 fully saturated rings. The Balaban J connectivity index is 0.000000640. The maximum Gasteiger partial charge on any atom is 3.00 e. The molecule has 1 rings (SSSR count). The Morgan fingerprint density at radius 1 is 1.33 bits per heavy atom. The van der Waals surface area contributed by atoms with E-state index >= 15 is 0 Å². The molecule has 42 valence electrons. The van der Waals surface area contributed by atoms with Crippen LogP contribution in [0.15, 0.2) is 24.3 Å². The van der Waals surface area contributed by atoms with E-state index in [2.05, 4.69) is 25.1 Å². The van der Waals surface area contributed by atoms with Crippen molar-refractivity contribution < 1.29 is 32.7 Å². The zero-order valence-corrected chi connectivity index (χ0v) is 8.43. The van der Waals surface area contributed by atoms with Gasteiger partial charge in [0.2, 0.25) is 0 Å². The number of aryl methyl sites for hydroxylation is 1. The largest absolute Gasteiger partial charge is 3.00 e. The van der Waals surface area contributed by atoms with Gasteiger partial charge in [0.15, 0.2) is 0 Å². The Morgan fingerprint density at radius 3 is 2.22 bits per heavy atom. The van der Waals surface area contributed by atoms with E-state index in [1.807, 2.05) is 12.1 Å². The summed E-state index contributed by atoms with van der Waals surface area (Å²) >= 11 is 0. The predicted molar refractivity (Wildman–Crippen MR) is 34.7 cm³/mol. The van der Waals surface area contributed by atoms with Gasteiger partial charge in [-0.2, -0.15) is 35.9 Å². The molecule has 0 spiro atoms.